The molecule has 27 heavy (non-hydrogen) atoms. The van der Waals surface area contributed by atoms with E-state index in [0.29, 0.717) is 16.1 Å². The number of hydrogen-bond donors (Lipinski definition) is 0. The van der Waals surface area contributed by atoms with Crippen LogP contribution in [0.4, 0.5) is 5.69 Å². The molecule has 0 aliphatic carbocycles. The fourth-order valence-corrected chi connectivity index (χ4v) is 4.06. The smallest absolute Gasteiger partial charge is 0.262 e. The maximum absolute atomic E-state index is 12.9. The highest BCUT2D eigenvalue weighted by Gasteiger charge is 2.23. The van der Waals surface area contributed by atoms with Gasteiger partial charge in [-0.05, 0) is 45.0 Å². The Labute approximate surface area is 163 Å². The Bertz CT molecular complexity index is 1010. The molecule has 0 bridgehead atoms. The fraction of sp³-hybridized carbons (Fsp3) is 0.286. The zero-order valence-corrected chi connectivity index (χ0v) is 16.7. The molecule has 1 aromatic heterocycles. The standard InChI is InChI=1S/C21H23N3O2S/c1-14(2)24-20(26)17-12-8-9-13-18(17)22-21(24)27-15(3)19(25)23(4)16-10-6-5-7-11-16/h5-15H,1-4H3/t15-/m1/s1. The first kappa shape index (κ1) is 19.2. The molecular formula is C21H23N3O2S. The van der Waals surface area contributed by atoms with Crippen molar-refractivity contribution in [3.05, 3.63) is 65.0 Å². The summed E-state index contributed by atoms with van der Waals surface area (Å²) in [5, 5.41) is 0.778. The molecule has 0 spiro atoms. The van der Waals surface area contributed by atoms with E-state index in [0.717, 1.165) is 5.69 Å². The molecule has 3 aromatic rings. The summed E-state index contributed by atoms with van der Waals surface area (Å²) in [6.45, 7) is 5.74. The Hall–Kier alpha value is -2.60. The summed E-state index contributed by atoms with van der Waals surface area (Å²) in [4.78, 5) is 32.1. The summed E-state index contributed by atoms with van der Waals surface area (Å²) in [5.74, 6) is -0.0380. The lowest BCUT2D eigenvalue weighted by atomic mass is 10.2. The van der Waals surface area contributed by atoms with Crippen molar-refractivity contribution in [2.24, 2.45) is 0 Å². The SMILES string of the molecule is CC(C)n1c(S[C@H](C)C(=O)N(C)c2ccccc2)nc2ccccc2c1=O. The van der Waals surface area contributed by atoms with Crippen LogP contribution in [0.15, 0.2) is 64.5 Å². The van der Waals surface area contributed by atoms with E-state index in [1.54, 1.807) is 22.6 Å². The van der Waals surface area contributed by atoms with Crippen molar-refractivity contribution in [2.45, 2.75) is 37.2 Å². The zero-order chi connectivity index (χ0) is 19.6. The Balaban J connectivity index is 1.94. The molecule has 1 atom stereocenters. The largest absolute Gasteiger partial charge is 0.315 e. The van der Waals surface area contributed by atoms with Crippen LogP contribution < -0.4 is 10.5 Å². The number of benzene rings is 2. The third-order valence-corrected chi connectivity index (χ3v) is 5.45. The van der Waals surface area contributed by atoms with Crippen molar-refractivity contribution in [3.8, 4) is 0 Å². The predicted octanol–water partition coefficient (Wildman–Crippen LogP) is 4.12. The van der Waals surface area contributed by atoms with Gasteiger partial charge in [0, 0.05) is 18.8 Å². The van der Waals surface area contributed by atoms with Crippen LogP contribution >= 0.6 is 11.8 Å². The van der Waals surface area contributed by atoms with Crippen LogP contribution in [0.3, 0.4) is 0 Å². The number of fused-ring (bicyclic) bond motifs is 1. The Morgan fingerprint density at radius 1 is 1.04 bits per heavy atom. The average Bonchev–Trinajstić information content (AvgIpc) is 2.67. The van der Waals surface area contributed by atoms with Gasteiger partial charge in [0.05, 0.1) is 16.2 Å². The third-order valence-electron chi connectivity index (χ3n) is 4.40. The highest BCUT2D eigenvalue weighted by atomic mass is 32.2. The van der Waals surface area contributed by atoms with E-state index in [4.69, 9.17) is 0 Å². The second kappa shape index (κ2) is 7.96. The topological polar surface area (TPSA) is 55.2 Å². The number of rotatable bonds is 5. The number of carbonyl (C=O) groups excluding carboxylic acids is 1. The van der Waals surface area contributed by atoms with Crippen LogP contribution in [-0.4, -0.2) is 27.8 Å². The molecule has 5 nitrogen and oxygen atoms in total. The van der Waals surface area contributed by atoms with E-state index in [2.05, 4.69) is 4.98 Å². The van der Waals surface area contributed by atoms with Crippen LogP contribution in [0, 0.1) is 0 Å². The third kappa shape index (κ3) is 3.90. The van der Waals surface area contributed by atoms with Gasteiger partial charge in [-0.2, -0.15) is 0 Å². The van der Waals surface area contributed by atoms with Gasteiger partial charge < -0.3 is 4.90 Å². The van der Waals surface area contributed by atoms with E-state index >= 15 is 0 Å². The molecule has 0 aliphatic heterocycles. The van der Waals surface area contributed by atoms with Gasteiger partial charge in [-0.1, -0.05) is 42.1 Å². The van der Waals surface area contributed by atoms with Crippen molar-refractivity contribution in [3.63, 3.8) is 0 Å². The Kier molecular flexibility index (Phi) is 5.65. The average molecular weight is 382 g/mol. The number of amides is 1. The lowest BCUT2D eigenvalue weighted by molar-refractivity contribution is -0.117. The van der Waals surface area contributed by atoms with Gasteiger partial charge in [-0.25, -0.2) is 4.98 Å². The number of aromatic nitrogens is 2. The molecule has 1 heterocycles. The maximum atomic E-state index is 12.9. The highest BCUT2D eigenvalue weighted by Crippen LogP contribution is 2.26. The molecule has 0 saturated carbocycles. The van der Waals surface area contributed by atoms with Crippen molar-refractivity contribution in [1.82, 2.24) is 9.55 Å². The first-order valence-electron chi connectivity index (χ1n) is 8.90. The van der Waals surface area contributed by atoms with Crippen LogP contribution in [-0.2, 0) is 4.79 Å². The van der Waals surface area contributed by atoms with E-state index in [1.807, 2.05) is 69.3 Å². The number of nitrogens with zero attached hydrogens (tertiary/aromatic N) is 3. The molecule has 0 radical (unpaired) electrons. The van der Waals surface area contributed by atoms with Crippen LogP contribution in [0.25, 0.3) is 10.9 Å². The molecule has 0 aliphatic rings. The monoisotopic (exact) mass is 381 g/mol. The summed E-state index contributed by atoms with van der Waals surface area (Å²) in [6, 6.07) is 16.8. The number of anilines is 1. The van der Waals surface area contributed by atoms with Gasteiger partial charge in [-0.15, -0.1) is 0 Å². The molecule has 2 aromatic carbocycles. The molecule has 0 unspecified atom stereocenters. The minimum atomic E-state index is -0.381. The van der Waals surface area contributed by atoms with E-state index < -0.39 is 0 Å². The molecule has 6 heteroatoms. The van der Waals surface area contributed by atoms with Crippen LogP contribution in [0.5, 0.6) is 0 Å². The van der Waals surface area contributed by atoms with E-state index in [-0.39, 0.29) is 22.8 Å². The van der Waals surface area contributed by atoms with Crippen molar-refractivity contribution >= 4 is 34.3 Å². The van der Waals surface area contributed by atoms with Crippen molar-refractivity contribution < 1.29 is 4.79 Å². The van der Waals surface area contributed by atoms with Gasteiger partial charge in [0.2, 0.25) is 5.91 Å². The second-order valence-electron chi connectivity index (χ2n) is 6.67. The number of carbonyl (C=O) groups is 1. The molecule has 3 rings (SSSR count). The van der Waals surface area contributed by atoms with Crippen molar-refractivity contribution in [1.29, 1.82) is 0 Å². The summed E-state index contributed by atoms with van der Waals surface area (Å²) in [7, 11) is 1.76. The summed E-state index contributed by atoms with van der Waals surface area (Å²) >= 11 is 1.32. The zero-order valence-electron chi connectivity index (χ0n) is 15.9. The lowest BCUT2D eigenvalue weighted by Crippen LogP contribution is -2.34. The maximum Gasteiger partial charge on any atom is 0.262 e. The van der Waals surface area contributed by atoms with Crippen LogP contribution in [0.1, 0.15) is 26.8 Å². The molecule has 1 amide bonds. The second-order valence-corrected chi connectivity index (χ2v) is 7.98. The van der Waals surface area contributed by atoms with Gasteiger partial charge in [0.25, 0.3) is 5.56 Å². The van der Waals surface area contributed by atoms with Gasteiger partial charge >= 0.3 is 0 Å². The number of hydrogen-bond acceptors (Lipinski definition) is 4. The minimum Gasteiger partial charge on any atom is -0.315 e. The lowest BCUT2D eigenvalue weighted by Gasteiger charge is -2.22. The predicted molar refractivity (Wildman–Crippen MR) is 112 cm³/mol. The Morgan fingerprint density at radius 2 is 1.67 bits per heavy atom. The fourth-order valence-electron chi connectivity index (χ4n) is 2.92. The quantitative estimate of drug-likeness (QED) is 0.493. The highest BCUT2D eigenvalue weighted by molar-refractivity contribution is 8.00. The molecule has 0 N–H and O–H groups in total. The van der Waals surface area contributed by atoms with Crippen molar-refractivity contribution in [2.75, 3.05) is 11.9 Å². The normalized spacial score (nSPS) is 12.3. The summed E-state index contributed by atoms with van der Waals surface area (Å²) in [5.41, 5.74) is 1.41. The Morgan fingerprint density at radius 3 is 2.33 bits per heavy atom. The number of para-hydroxylation sites is 2. The van der Waals surface area contributed by atoms with Gasteiger partial charge in [-0.3, -0.25) is 14.2 Å². The first-order chi connectivity index (χ1) is 12.9. The molecular weight excluding hydrogens is 358 g/mol. The van der Waals surface area contributed by atoms with Crippen LogP contribution in [0.2, 0.25) is 0 Å². The molecule has 140 valence electrons. The molecule has 0 fully saturated rings. The first-order valence-corrected chi connectivity index (χ1v) is 9.78. The number of thioether (sulfide) groups is 1. The summed E-state index contributed by atoms with van der Waals surface area (Å²) < 4.78 is 1.67. The van der Waals surface area contributed by atoms with Gasteiger partial charge in [0.1, 0.15) is 0 Å². The molecule has 0 saturated heterocycles. The summed E-state index contributed by atoms with van der Waals surface area (Å²) in [6.07, 6.45) is 0. The van der Waals surface area contributed by atoms with E-state index in [1.165, 1.54) is 11.8 Å². The van der Waals surface area contributed by atoms with Gasteiger partial charge in [0.15, 0.2) is 5.16 Å². The minimum absolute atomic E-state index is 0.0380. The van der Waals surface area contributed by atoms with E-state index in [9.17, 15) is 9.59 Å².